The summed E-state index contributed by atoms with van der Waals surface area (Å²) in [6, 6.07) is 13.3. The lowest BCUT2D eigenvalue weighted by Crippen LogP contribution is -2.01. The maximum absolute atomic E-state index is 3.63. The number of para-hydroxylation sites is 1. The second-order valence-corrected chi connectivity index (χ2v) is 8.19. The molecule has 1 aromatic heterocycles. The largest absolute Gasteiger partial charge is 0.379 e. The summed E-state index contributed by atoms with van der Waals surface area (Å²) in [4.78, 5) is 4.31. The zero-order chi connectivity index (χ0) is 14.5. The highest BCUT2D eigenvalue weighted by Crippen LogP contribution is 2.38. The third kappa shape index (κ3) is 4.04. The van der Waals surface area contributed by atoms with Gasteiger partial charge < -0.3 is 5.32 Å². The van der Waals surface area contributed by atoms with Crippen LogP contribution in [-0.4, -0.2) is 5.25 Å². The minimum Gasteiger partial charge on any atom is -0.379 e. The predicted molar refractivity (Wildman–Crippen MR) is 95.6 cm³/mol. The number of thioether (sulfide) groups is 1. The molecule has 0 saturated heterocycles. The number of nitrogens with one attached hydrogen (secondary N) is 1. The fourth-order valence-electron chi connectivity index (χ4n) is 2.79. The van der Waals surface area contributed by atoms with E-state index in [1.165, 1.54) is 46.0 Å². The summed E-state index contributed by atoms with van der Waals surface area (Å²) in [5.74, 6) is 0. The highest BCUT2D eigenvalue weighted by molar-refractivity contribution is 8.00. The van der Waals surface area contributed by atoms with Gasteiger partial charge in [-0.25, -0.2) is 0 Å². The van der Waals surface area contributed by atoms with Crippen molar-refractivity contribution in [2.45, 2.75) is 55.7 Å². The number of anilines is 1. The normalized spacial score (nSPS) is 15.5. The summed E-state index contributed by atoms with van der Waals surface area (Å²) in [6.07, 6.45) is 6.71. The first kappa shape index (κ1) is 15.0. The van der Waals surface area contributed by atoms with E-state index in [-0.39, 0.29) is 0 Å². The quantitative estimate of drug-likeness (QED) is 0.705. The fraction of sp³-hybridized carbons (Fsp3) is 0.444. The monoisotopic (exact) mass is 317 g/mol. The van der Waals surface area contributed by atoms with Crippen LogP contribution in [0.3, 0.4) is 0 Å². The summed E-state index contributed by atoms with van der Waals surface area (Å²) in [5, 5.41) is 4.45. The molecule has 1 fully saturated rings. The highest BCUT2D eigenvalue weighted by Gasteiger charge is 2.17. The Labute approximate surface area is 136 Å². The molecule has 112 valence electrons. The van der Waals surface area contributed by atoms with E-state index in [2.05, 4.69) is 60.4 Å². The molecule has 0 radical (unpaired) electrons. The summed E-state index contributed by atoms with van der Waals surface area (Å²) in [7, 11) is 0. The number of benzene rings is 1. The third-order valence-electron chi connectivity index (χ3n) is 4.00. The van der Waals surface area contributed by atoms with Gasteiger partial charge in [-0.15, -0.1) is 23.1 Å². The van der Waals surface area contributed by atoms with E-state index in [4.69, 9.17) is 0 Å². The molecule has 3 heteroatoms. The van der Waals surface area contributed by atoms with Crippen molar-refractivity contribution >= 4 is 28.8 Å². The molecule has 0 atom stereocenters. The molecule has 1 aliphatic rings. The van der Waals surface area contributed by atoms with Gasteiger partial charge in [-0.05, 0) is 43.5 Å². The lowest BCUT2D eigenvalue weighted by Gasteiger charge is -2.14. The van der Waals surface area contributed by atoms with Crippen LogP contribution in [0.2, 0.25) is 0 Å². The van der Waals surface area contributed by atoms with Gasteiger partial charge in [0.1, 0.15) is 0 Å². The first-order valence-corrected chi connectivity index (χ1v) is 9.62. The van der Waals surface area contributed by atoms with E-state index in [1.807, 2.05) is 11.3 Å². The second kappa shape index (κ2) is 7.37. The Balaban J connectivity index is 1.64. The Kier molecular flexibility index (Phi) is 5.26. The molecular weight excluding hydrogens is 294 g/mol. The van der Waals surface area contributed by atoms with Crippen LogP contribution in [-0.2, 0) is 13.0 Å². The van der Waals surface area contributed by atoms with Gasteiger partial charge in [-0.2, -0.15) is 0 Å². The van der Waals surface area contributed by atoms with Crippen LogP contribution in [0.5, 0.6) is 0 Å². The Bertz CT molecular complexity index is 570. The van der Waals surface area contributed by atoms with E-state index in [9.17, 15) is 0 Å². The Morgan fingerprint density at radius 2 is 1.86 bits per heavy atom. The standard InChI is InChI=1S/C18H23NS2/c1-2-14-11-12-16(20-14)13-19-17-9-5-6-10-18(17)21-15-7-3-4-8-15/h5-6,9-12,15,19H,2-4,7-8,13H2,1H3. The van der Waals surface area contributed by atoms with Crippen molar-refractivity contribution in [1.82, 2.24) is 0 Å². The van der Waals surface area contributed by atoms with Crippen LogP contribution in [0.15, 0.2) is 41.3 Å². The number of rotatable bonds is 6. The van der Waals surface area contributed by atoms with Crippen LogP contribution < -0.4 is 5.32 Å². The van der Waals surface area contributed by atoms with Gasteiger partial charge in [0, 0.05) is 32.1 Å². The molecular formula is C18H23NS2. The van der Waals surface area contributed by atoms with Gasteiger partial charge in [0.25, 0.3) is 0 Å². The lowest BCUT2D eigenvalue weighted by molar-refractivity contribution is 0.886. The smallest absolute Gasteiger partial charge is 0.0494 e. The van der Waals surface area contributed by atoms with Gasteiger partial charge in [-0.1, -0.05) is 31.9 Å². The summed E-state index contributed by atoms with van der Waals surface area (Å²) >= 11 is 3.99. The molecule has 1 heterocycles. The average Bonchev–Trinajstić information content (AvgIpc) is 3.17. The molecule has 1 saturated carbocycles. The van der Waals surface area contributed by atoms with E-state index >= 15 is 0 Å². The SMILES string of the molecule is CCc1ccc(CNc2ccccc2SC2CCCC2)s1. The molecule has 3 rings (SSSR count). The Morgan fingerprint density at radius 3 is 2.62 bits per heavy atom. The zero-order valence-electron chi connectivity index (χ0n) is 12.6. The molecule has 0 amide bonds. The van der Waals surface area contributed by atoms with Crippen molar-refractivity contribution in [3.05, 3.63) is 46.2 Å². The van der Waals surface area contributed by atoms with Crippen LogP contribution >= 0.6 is 23.1 Å². The van der Waals surface area contributed by atoms with Crippen molar-refractivity contribution in [1.29, 1.82) is 0 Å². The van der Waals surface area contributed by atoms with Gasteiger partial charge in [-0.3, -0.25) is 0 Å². The second-order valence-electron chi connectivity index (χ2n) is 5.60. The van der Waals surface area contributed by atoms with Crippen molar-refractivity contribution in [3.63, 3.8) is 0 Å². The molecule has 0 spiro atoms. The molecule has 0 aliphatic heterocycles. The summed E-state index contributed by atoms with van der Waals surface area (Å²) in [5.41, 5.74) is 1.29. The number of aryl methyl sites for hydroxylation is 1. The molecule has 1 nitrogen and oxygen atoms in total. The van der Waals surface area contributed by atoms with Crippen molar-refractivity contribution in [2.24, 2.45) is 0 Å². The van der Waals surface area contributed by atoms with Gasteiger partial charge in [0.15, 0.2) is 0 Å². The van der Waals surface area contributed by atoms with Crippen molar-refractivity contribution in [2.75, 3.05) is 5.32 Å². The van der Waals surface area contributed by atoms with Crippen LogP contribution in [0.4, 0.5) is 5.69 Å². The van der Waals surface area contributed by atoms with E-state index in [0.717, 1.165) is 18.2 Å². The fourth-order valence-corrected chi connectivity index (χ4v) is 5.04. The van der Waals surface area contributed by atoms with Crippen LogP contribution in [0.25, 0.3) is 0 Å². The van der Waals surface area contributed by atoms with E-state index < -0.39 is 0 Å². The molecule has 1 aliphatic carbocycles. The maximum Gasteiger partial charge on any atom is 0.0494 e. The number of hydrogen-bond acceptors (Lipinski definition) is 3. The van der Waals surface area contributed by atoms with E-state index in [0.29, 0.717) is 0 Å². The number of hydrogen-bond donors (Lipinski definition) is 1. The summed E-state index contributed by atoms with van der Waals surface area (Å²) < 4.78 is 0. The van der Waals surface area contributed by atoms with E-state index in [1.54, 1.807) is 0 Å². The van der Waals surface area contributed by atoms with Crippen LogP contribution in [0, 0.1) is 0 Å². The molecule has 2 aromatic rings. The topological polar surface area (TPSA) is 12.0 Å². The van der Waals surface area contributed by atoms with Crippen molar-refractivity contribution in [3.8, 4) is 0 Å². The van der Waals surface area contributed by atoms with Gasteiger partial charge >= 0.3 is 0 Å². The molecule has 1 N–H and O–H groups in total. The zero-order valence-corrected chi connectivity index (χ0v) is 14.2. The maximum atomic E-state index is 3.63. The van der Waals surface area contributed by atoms with Crippen LogP contribution in [0.1, 0.15) is 42.4 Å². The molecule has 1 aromatic carbocycles. The third-order valence-corrected chi connectivity index (χ3v) is 6.65. The predicted octanol–water partition coefficient (Wildman–Crippen LogP) is 5.96. The Morgan fingerprint density at radius 1 is 1.10 bits per heavy atom. The molecule has 0 unspecified atom stereocenters. The number of thiophene rings is 1. The lowest BCUT2D eigenvalue weighted by atomic mass is 10.3. The first-order chi connectivity index (χ1) is 10.3. The average molecular weight is 318 g/mol. The van der Waals surface area contributed by atoms with Gasteiger partial charge in [0.05, 0.1) is 0 Å². The highest BCUT2D eigenvalue weighted by atomic mass is 32.2. The molecule has 21 heavy (non-hydrogen) atoms. The summed E-state index contributed by atoms with van der Waals surface area (Å²) in [6.45, 7) is 3.16. The molecule has 0 bridgehead atoms. The first-order valence-electron chi connectivity index (χ1n) is 7.92. The minimum atomic E-state index is 0.821. The minimum absolute atomic E-state index is 0.821. The van der Waals surface area contributed by atoms with Crippen molar-refractivity contribution < 1.29 is 0 Å². The Hall–Kier alpha value is -0.930. The van der Waals surface area contributed by atoms with Gasteiger partial charge in [0.2, 0.25) is 0 Å².